The van der Waals surface area contributed by atoms with E-state index in [-0.39, 0.29) is 5.75 Å². The molecule has 0 aromatic heterocycles. The molecular weight excluding hydrogens is 236 g/mol. The summed E-state index contributed by atoms with van der Waals surface area (Å²) in [5.41, 5.74) is 0. The number of hydrogen-bond acceptors (Lipinski definition) is 4. The first kappa shape index (κ1) is 16.9. The minimum atomic E-state index is -2.80. The highest BCUT2D eigenvalue weighted by Crippen LogP contribution is 2.05. The molecule has 0 rings (SSSR count). The molecule has 0 saturated carbocycles. The number of hydrogen-bond donors (Lipinski definition) is 1. The van der Waals surface area contributed by atoms with Crippen molar-refractivity contribution in [3.05, 3.63) is 0 Å². The topological polar surface area (TPSA) is 49.4 Å². The first-order chi connectivity index (χ1) is 7.91. The van der Waals surface area contributed by atoms with Crippen molar-refractivity contribution in [2.24, 2.45) is 0 Å². The van der Waals surface area contributed by atoms with Gasteiger partial charge in [0.1, 0.15) is 9.84 Å². The Hall–Kier alpha value is -0.130. The number of nitrogens with zero attached hydrogens (tertiary/aromatic N) is 1. The van der Waals surface area contributed by atoms with Crippen LogP contribution >= 0.6 is 0 Å². The molecule has 0 spiro atoms. The van der Waals surface area contributed by atoms with Gasteiger partial charge in [0.2, 0.25) is 0 Å². The molecule has 17 heavy (non-hydrogen) atoms. The summed E-state index contributed by atoms with van der Waals surface area (Å²) < 4.78 is 22.8. The van der Waals surface area contributed by atoms with Crippen molar-refractivity contribution in [2.75, 3.05) is 38.7 Å². The van der Waals surface area contributed by atoms with E-state index in [0.29, 0.717) is 11.8 Å². The van der Waals surface area contributed by atoms with Gasteiger partial charge in [0.25, 0.3) is 0 Å². The van der Waals surface area contributed by atoms with E-state index in [1.54, 1.807) is 6.92 Å². The predicted molar refractivity (Wildman–Crippen MR) is 74.2 cm³/mol. The van der Waals surface area contributed by atoms with E-state index in [4.69, 9.17) is 0 Å². The lowest BCUT2D eigenvalue weighted by atomic mass is 10.1. The summed E-state index contributed by atoms with van der Waals surface area (Å²) in [5.74, 6) is 0.587. The van der Waals surface area contributed by atoms with Gasteiger partial charge < -0.3 is 10.2 Å². The summed E-state index contributed by atoms with van der Waals surface area (Å²) in [6.07, 6.45) is 2.79. The van der Waals surface area contributed by atoms with Gasteiger partial charge in [0.05, 0.1) is 5.75 Å². The Morgan fingerprint density at radius 2 is 1.82 bits per heavy atom. The molecule has 0 radical (unpaired) electrons. The number of nitrogens with one attached hydrogen (secondary N) is 1. The van der Waals surface area contributed by atoms with Gasteiger partial charge in [0.15, 0.2) is 0 Å². The van der Waals surface area contributed by atoms with Crippen LogP contribution in [0.1, 0.15) is 33.1 Å². The predicted octanol–water partition coefficient (Wildman–Crippen LogP) is 1.13. The number of sulfone groups is 1. The van der Waals surface area contributed by atoms with Crippen LogP contribution in [0, 0.1) is 0 Å². The first-order valence-electron chi connectivity index (χ1n) is 6.49. The molecule has 0 heterocycles. The average Bonchev–Trinajstić information content (AvgIpc) is 2.25. The summed E-state index contributed by atoms with van der Waals surface area (Å²) in [4.78, 5) is 2.16. The van der Waals surface area contributed by atoms with Gasteiger partial charge in [-0.2, -0.15) is 0 Å². The monoisotopic (exact) mass is 264 g/mol. The molecule has 0 aromatic rings. The third-order valence-corrected chi connectivity index (χ3v) is 4.66. The molecule has 0 aliphatic rings. The van der Waals surface area contributed by atoms with Gasteiger partial charge in [-0.1, -0.05) is 13.8 Å². The van der Waals surface area contributed by atoms with Crippen LogP contribution in [-0.4, -0.2) is 58.1 Å². The van der Waals surface area contributed by atoms with Gasteiger partial charge in [-0.25, -0.2) is 8.42 Å². The van der Waals surface area contributed by atoms with E-state index in [1.165, 1.54) is 0 Å². The Kier molecular flexibility index (Phi) is 8.82. The van der Waals surface area contributed by atoms with Crippen molar-refractivity contribution in [1.82, 2.24) is 10.2 Å². The first-order valence-corrected chi connectivity index (χ1v) is 8.32. The Morgan fingerprint density at radius 3 is 2.29 bits per heavy atom. The smallest absolute Gasteiger partial charge is 0.150 e. The van der Waals surface area contributed by atoms with Crippen molar-refractivity contribution in [2.45, 2.75) is 39.2 Å². The molecule has 1 atom stereocenters. The lowest BCUT2D eigenvalue weighted by Gasteiger charge is -2.20. The second-order valence-corrected chi connectivity index (χ2v) is 7.20. The van der Waals surface area contributed by atoms with E-state index in [2.05, 4.69) is 31.2 Å². The van der Waals surface area contributed by atoms with E-state index >= 15 is 0 Å². The zero-order chi connectivity index (χ0) is 13.3. The quantitative estimate of drug-likeness (QED) is 0.643. The summed E-state index contributed by atoms with van der Waals surface area (Å²) in [6.45, 7) is 5.78. The van der Waals surface area contributed by atoms with Gasteiger partial charge in [-0.3, -0.25) is 0 Å². The van der Waals surface area contributed by atoms with Gasteiger partial charge in [-0.15, -0.1) is 0 Å². The van der Waals surface area contributed by atoms with Crippen LogP contribution < -0.4 is 5.32 Å². The second kappa shape index (κ2) is 8.89. The minimum absolute atomic E-state index is 0.260. The van der Waals surface area contributed by atoms with E-state index < -0.39 is 9.84 Å². The molecule has 0 aromatic carbocycles. The third kappa shape index (κ3) is 9.56. The average molecular weight is 264 g/mol. The maximum atomic E-state index is 11.4. The normalized spacial score (nSPS) is 14.2. The van der Waals surface area contributed by atoms with E-state index in [0.717, 1.165) is 32.4 Å². The lowest BCUT2D eigenvalue weighted by Crippen LogP contribution is -2.32. The van der Waals surface area contributed by atoms with E-state index in [9.17, 15) is 8.42 Å². The molecule has 1 unspecified atom stereocenters. The maximum Gasteiger partial charge on any atom is 0.150 e. The van der Waals surface area contributed by atoms with Gasteiger partial charge >= 0.3 is 0 Å². The molecule has 0 aliphatic carbocycles. The highest BCUT2D eigenvalue weighted by atomic mass is 32.2. The molecule has 4 nitrogen and oxygen atoms in total. The fourth-order valence-electron chi connectivity index (χ4n) is 1.75. The van der Waals surface area contributed by atoms with Crippen molar-refractivity contribution < 1.29 is 8.42 Å². The van der Waals surface area contributed by atoms with Crippen LogP contribution in [-0.2, 0) is 9.84 Å². The van der Waals surface area contributed by atoms with Gasteiger partial charge in [-0.05, 0) is 46.4 Å². The van der Waals surface area contributed by atoms with Crippen molar-refractivity contribution in [1.29, 1.82) is 0 Å². The summed E-state index contributed by atoms with van der Waals surface area (Å²) in [5, 5.41) is 3.42. The van der Waals surface area contributed by atoms with Crippen LogP contribution in [0.15, 0.2) is 0 Å². The zero-order valence-electron chi connectivity index (χ0n) is 11.7. The molecule has 0 bridgehead atoms. The largest absolute Gasteiger partial charge is 0.314 e. The molecule has 0 aliphatic heterocycles. The second-order valence-electron chi connectivity index (χ2n) is 4.73. The van der Waals surface area contributed by atoms with Crippen LogP contribution in [0.25, 0.3) is 0 Å². The summed E-state index contributed by atoms with van der Waals surface area (Å²) in [7, 11) is 1.32. The molecule has 0 fully saturated rings. The van der Waals surface area contributed by atoms with Crippen LogP contribution in [0.2, 0.25) is 0 Å². The molecule has 0 amide bonds. The number of rotatable bonds is 10. The highest BCUT2D eigenvalue weighted by Gasteiger charge is 2.11. The summed E-state index contributed by atoms with van der Waals surface area (Å²) in [6, 6.07) is 0.439. The standard InChI is InChI=1S/C12H28N2O2S/c1-5-13-12(9-10-14(3)4)8-7-11-17(15,16)6-2/h12-13H,5-11H2,1-4H3. The fourth-order valence-corrected chi connectivity index (χ4v) is 2.64. The van der Waals surface area contributed by atoms with Crippen LogP contribution in [0.5, 0.6) is 0 Å². The maximum absolute atomic E-state index is 11.4. The van der Waals surface area contributed by atoms with E-state index in [1.807, 2.05) is 0 Å². The molecule has 0 saturated heterocycles. The fraction of sp³-hybridized carbons (Fsp3) is 1.00. The Labute approximate surface area is 107 Å². The lowest BCUT2D eigenvalue weighted by molar-refractivity contribution is 0.350. The van der Waals surface area contributed by atoms with Crippen molar-refractivity contribution >= 4 is 9.84 Å². The zero-order valence-corrected chi connectivity index (χ0v) is 12.5. The SMILES string of the molecule is CCNC(CCCS(=O)(=O)CC)CCN(C)C. The Balaban J connectivity index is 3.92. The Morgan fingerprint density at radius 1 is 1.18 bits per heavy atom. The van der Waals surface area contributed by atoms with Crippen molar-refractivity contribution in [3.63, 3.8) is 0 Å². The minimum Gasteiger partial charge on any atom is -0.314 e. The van der Waals surface area contributed by atoms with Crippen LogP contribution in [0.4, 0.5) is 0 Å². The highest BCUT2D eigenvalue weighted by molar-refractivity contribution is 7.91. The molecule has 5 heteroatoms. The third-order valence-electron chi connectivity index (χ3n) is 2.87. The van der Waals surface area contributed by atoms with Crippen molar-refractivity contribution in [3.8, 4) is 0 Å². The Bertz CT molecular complexity index is 276. The molecule has 1 N–H and O–H groups in total. The van der Waals surface area contributed by atoms with Gasteiger partial charge in [0, 0.05) is 11.8 Å². The molecule has 104 valence electrons. The molecular formula is C12H28N2O2S. The van der Waals surface area contributed by atoms with Crippen LogP contribution in [0.3, 0.4) is 0 Å². The summed E-state index contributed by atoms with van der Waals surface area (Å²) >= 11 is 0.